The number of thioether (sulfide) groups is 1. The summed E-state index contributed by atoms with van der Waals surface area (Å²) in [4.78, 5) is 18.8. The molecule has 0 saturated carbocycles. The molecule has 0 spiro atoms. The zero-order valence-corrected chi connectivity index (χ0v) is 17.8. The average molecular weight is 411 g/mol. The molecule has 0 aliphatic heterocycles. The van der Waals surface area contributed by atoms with Gasteiger partial charge in [0.15, 0.2) is 0 Å². The van der Waals surface area contributed by atoms with Crippen molar-refractivity contribution in [3.63, 3.8) is 0 Å². The van der Waals surface area contributed by atoms with Gasteiger partial charge >= 0.3 is 0 Å². The Kier molecular flexibility index (Phi) is 7.43. The predicted molar refractivity (Wildman–Crippen MR) is 121 cm³/mol. The standard InChI is InChI=1S/C22H26N4O2S/c1-16(2)28-14-6-13-26-21(27)19-7-4-5-8-20(19)24-22(26)25-23-15-17-9-11-18(29-3)12-10-17/h4-5,7-12,15-16H,6,13-14H2,1-3H3,(H,24,25)/b23-15-. The van der Waals surface area contributed by atoms with Crippen LogP contribution in [0.1, 0.15) is 25.8 Å². The molecule has 0 radical (unpaired) electrons. The van der Waals surface area contributed by atoms with E-state index >= 15 is 0 Å². The Balaban J connectivity index is 1.82. The highest BCUT2D eigenvalue weighted by Crippen LogP contribution is 2.14. The second-order valence-corrected chi connectivity index (χ2v) is 7.71. The van der Waals surface area contributed by atoms with Gasteiger partial charge in [-0.3, -0.25) is 9.36 Å². The summed E-state index contributed by atoms with van der Waals surface area (Å²) in [6.07, 6.45) is 4.65. The third kappa shape index (κ3) is 5.68. The predicted octanol–water partition coefficient (Wildman–Crippen LogP) is 4.38. The number of nitrogens with one attached hydrogen (secondary N) is 1. The molecule has 0 bridgehead atoms. The summed E-state index contributed by atoms with van der Waals surface area (Å²) < 4.78 is 7.23. The van der Waals surface area contributed by atoms with Crippen LogP contribution in [0.25, 0.3) is 10.9 Å². The molecular weight excluding hydrogens is 384 g/mol. The number of hydrazone groups is 1. The smallest absolute Gasteiger partial charge is 0.262 e. The molecule has 29 heavy (non-hydrogen) atoms. The van der Waals surface area contributed by atoms with E-state index in [0.717, 1.165) is 5.56 Å². The zero-order chi connectivity index (χ0) is 20.6. The minimum atomic E-state index is -0.0813. The molecule has 0 aliphatic carbocycles. The molecule has 1 heterocycles. The number of hydrogen-bond donors (Lipinski definition) is 1. The Morgan fingerprint density at radius 1 is 1.21 bits per heavy atom. The van der Waals surface area contributed by atoms with Crippen molar-refractivity contribution in [2.24, 2.45) is 5.10 Å². The van der Waals surface area contributed by atoms with Crippen molar-refractivity contribution in [2.75, 3.05) is 18.3 Å². The molecule has 152 valence electrons. The molecule has 1 aromatic heterocycles. The van der Waals surface area contributed by atoms with Gasteiger partial charge in [0.1, 0.15) is 0 Å². The van der Waals surface area contributed by atoms with Crippen LogP contribution in [0.3, 0.4) is 0 Å². The number of benzene rings is 2. The Hall–Kier alpha value is -2.64. The molecule has 0 aliphatic rings. The van der Waals surface area contributed by atoms with E-state index in [-0.39, 0.29) is 11.7 Å². The summed E-state index contributed by atoms with van der Waals surface area (Å²) in [5.74, 6) is 0.426. The Bertz CT molecular complexity index is 1030. The quantitative estimate of drug-likeness (QED) is 0.245. The fourth-order valence-electron chi connectivity index (χ4n) is 2.86. The van der Waals surface area contributed by atoms with Crippen LogP contribution >= 0.6 is 11.8 Å². The number of para-hydroxylation sites is 1. The molecule has 0 unspecified atom stereocenters. The monoisotopic (exact) mass is 410 g/mol. The number of ether oxygens (including phenoxy) is 1. The fourth-order valence-corrected chi connectivity index (χ4v) is 3.27. The number of nitrogens with zero attached hydrogens (tertiary/aromatic N) is 3. The van der Waals surface area contributed by atoms with Crippen LogP contribution in [0, 0.1) is 0 Å². The molecule has 6 nitrogen and oxygen atoms in total. The van der Waals surface area contributed by atoms with Gasteiger partial charge in [-0.05, 0) is 56.4 Å². The molecule has 1 N–H and O–H groups in total. The van der Waals surface area contributed by atoms with Crippen molar-refractivity contribution in [1.29, 1.82) is 0 Å². The summed E-state index contributed by atoms with van der Waals surface area (Å²) in [6.45, 7) is 5.08. The van der Waals surface area contributed by atoms with E-state index in [1.807, 2.05) is 62.6 Å². The number of aromatic nitrogens is 2. The van der Waals surface area contributed by atoms with Crippen molar-refractivity contribution in [1.82, 2.24) is 9.55 Å². The largest absolute Gasteiger partial charge is 0.379 e. The molecule has 3 aromatic rings. The van der Waals surface area contributed by atoms with Gasteiger partial charge in [-0.15, -0.1) is 11.8 Å². The van der Waals surface area contributed by atoms with Crippen molar-refractivity contribution >= 4 is 34.8 Å². The zero-order valence-electron chi connectivity index (χ0n) is 17.0. The van der Waals surface area contributed by atoms with Gasteiger partial charge in [-0.25, -0.2) is 10.4 Å². The Morgan fingerprint density at radius 2 is 1.97 bits per heavy atom. The van der Waals surface area contributed by atoms with E-state index < -0.39 is 0 Å². The lowest BCUT2D eigenvalue weighted by atomic mass is 10.2. The lowest BCUT2D eigenvalue weighted by Gasteiger charge is -2.13. The second-order valence-electron chi connectivity index (χ2n) is 6.83. The van der Waals surface area contributed by atoms with Crippen LogP contribution in [0.5, 0.6) is 0 Å². The van der Waals surface area contributed by atoms with Gasteiger partial charge in [0.05, 0.1) is 23.2 Å². The molecule has 0 saturated heterocycles. The highest BCUT2D eigenvalue weighted by molar-refractivity contribution is 7.98. The average Bonchev–Trinajstić information content (AvgIpc) is 2.73. The lowest BCUT2D eigenvalue weighted by Crippen LogP contribution is -2.25. The molecule has 3 rings (SSSR count). The van der Waals surface area contributed by atoms with Gasteiger partial charge in [-0.2, -0.15) is 5.10 Å². The van der Waals surface area contributed by atoms with Gasteiger partial charge in [0, 0.05) is 18.0 Å². The summed E-state index contributed by atoms with van der Waals surface area (Å²) in [5, 5.41) is 4.89. The van der Waals surface area contributed by atoms with Crippen molar-refractivity contribution in [3.05, 3.63) is 64.4 Å². The normalized spacial score (nSPS) is 11.6. The van der Waals surface area contributed by atoms with Crippen molar-refractivity contribution in [3.8, 4) is 0 Å². The first-order valence-electron chi connectivity index (χ1n) is 9.63. The molecular formula is C22H26N4O2S. The van der Waals surface area contributed by atoms with Crippen molar-refractivity contribution in [2.45, 2.75) is 37.8 Å². The van der Waals surface area contributed by atoms with E-state index in [1.54, 1.807) is 28.6 Å². The molecule has 0 atom stereocenters. The maximum atomic E-state index is 13.0. The maximum Gasteiger partial charge on any atom is 0.262 e. The summed E-state index contributed by atoms with van der Waals surface area (Å²) in [5.41, 5.74) is 4.48. The van der Waals surface area contributed by atoms with Crippen LogP contribution in [0.4, 0.5) is 5.95 Å². The first-order chi connectivity index (χ1) is 14.1. The van der Waals surface area contributed by atoms with E-state index in [0.29, 0.717) is 36.4 Å². The maximum absolute atomic E-state index is 13.0. The van der Waals surface area contributed by atoms with Gasteiger partial charge < -0.3 is 4.74 Å². The lowest BCUT2D eigenvalue weighted by molar-refractivity contribution is 0.0748. The van der Waals surface area contributed by atoms with Crippen LogP contribution in [0.2, 0.25) is 0 Å². The van der Waals surface area contributed by atoms with Gasteiger partial charge in [-0.1, -0.05) is 24.3 Å². The summed E-state index contributed by atoms with van der Waals surface area (Å²) >= 11 is 1.70. The highest BCUT2D eigenvalue weighted by atomic mass is 32.2. The molecule has 2 aromatic carbocycles. The first kappa shape index (κ1) is 21.1. The van der Waals surface area contributed by atoms with E-state index in [4.69, 9.17) is 4.74 Å². The van der Waals surface area contributed by atoms with E-state index in [9.17, 15) is 4.79 Å². The molecule has 0 amide bonds. The van der Waals surface area contributed by atoms with E-state index in [1.165, 1.54) is 4.90 Å². The first-order valence-corrected chi connectivity index (χ1v) is 10.9. The Morgan fingerprint density at radius 3 is 2.69 bits per heavy atom. The van der Waals surface area contributed by atoms with Crippen LogP contribution in [-0.2, 0) is 11.3 Å². The van der Waals surface area contributed by atoms with E-state index in [2.05, 4.69) is 15.5 Å². The third-order valence-corrected chi connectivity index (χ3v) is 5.08. The summed E-state index contributed by atoms with van der Waals surface area (Å²) in [7, 11) is 0. The van der Waals surface area contributed by atoms with Crippen LogP contribution in [0.15, 0.2) is 63.3 Å². The molecule has 7 heteroatoms. The summed E-state index contributed by atoms with van der Waals surface area (Å²) in [6, 6.07) is 15.4. The van der Waals surface area contributed by atoms with Crippen LogP contribution < -0.4 is 11.0 Å². The third-order valence-electron chi connectivity index (χ3n) is 4.33. The highest BCUT2D eigenvalue weighted by Gasteiger charge is 2.10. The number of anilines is 1. The minimum Gasteiger partial charge on any atom is -0.379 e. The molecule has 0 fully saturated rings. The number of fused-ring (bicyclic) bond motifs is 1. The second kappa shape index (κ2) is 10.2. The van der Waals surface area contributed by atoms with Gasteiger partial charge in [0.25, 0.3) is 5.56 Å². The Labute approximate surface area is 175 Å². The number of rotatable bonds is 9. The van der Waals surface area contributed by atoms with Crippen molar-refractivity contribution < 1.29 is 4.74 Å². The number of hydrogen-bond acceptors (Lipinski definition) is 6. The van der Waals surface area contributed by atoms with Gasteiger partial charge in [0.2, 0.25) is 5.95 Å². The SMILES string of the molecule is CSc1ccc(/C=N\Nc2nc3ccccc3c(=O)n2CCCOC(C)C)cc1. The van der Waals surface area contributed by atoms with Crippen LogP contribution in [-0.4, -0.2) is 34.7 Å². The minimum absolute atomic E-state index is 0.0813. The topological polar surface area (TPSA) is 68.5 Å². The fraction of sp³-hybridized carbons (Fsp3) is 0.318.